The maximum atomic E-state index is 11.8. The van der Waals surface area contributed by atoms with Crippen molar-refractivity contribution in [2.75, 3.05) is 11.4 Å². The number of carbonyl (C=O) groups is 2. The third kappa shape index (κ3) is 1.54. The number of amides is 3. The van der Waals surface area contributed by atoms with E-state index in [0.29, 0.717) is 18.9 Å². The lowest BCUT2D eigenvalue weighted by Crippen LogP contribution is -2.50. The standard InChI is InChI=1S/C12H12N4O2/c1-15-9-5-3-2-4-8(9)13-11(15)16-7-6-10(17)14-12(16)18/h2-5H,6-7H2,1H3,(H,14,17,18). The molecule has 0 spiro atoms. The SMILES string of the molecule is Cn1c(N2CCC(=O)NC2=O)nc2ccccc21. The average molecular weight is 244 g/mol. The van der Waals surface area contributed by atoms with Gasteiger partial charge in [0.05, 0.1) is 11.0 Å². The second-order valence-electron chi connectivity index (χ2n) is 4.21. The molecule has 1 aliphatic rings. The van der Waals surface area contributed by atoms with Crippen molar-refractivity contribution in [2.45, 2.75) is 6.42 Å². The lowest BCUT2D eigenvalue weighted by molar-refractivity contribution is -0.120. The van der Waals surface area contributed by atoms with E-state index in [-0.39, 0.29) is 5.91 Å². The largest absolute Gasteiger partial charge is 0.330 e. The summed E-state index contributed by atoms with van der Waals surface area (Å²) in [6.45, 7) is 0.363. The van der Waals surface area contributed by atoms with E-state index in [0.717, 1.165) is 11.0 Å². The number of benzene rings is 1. The van der Waals surface area contributed by atoms with Crippen LogP contribution >= 0.6 is 0 Å². The van der Waals surface area contributed by atoms with Gasteiger partial charge in [0.15, 0.2) is 0 Å². The number of urea groups is 1. The third-order valence-electron chi connectivity index (χ3n) is 3.06. The molecule has 6 heteroatoms. The van der Waals surface area contributed by atoms with Crippen molar-refractivity contribution in [3.63, 3.8) is 0 Å². The van der Waals surface area contributed by atoms with Crippen LogP contribution in [0.3, 0.4) is 0 Å². The molecule has 0 atom stereocenters. The van der Waals surface area contributed by atoms with Crippen LogP contribution in [0.2, 0.25) is 0 Å². The number of anilines is 1. The number of nitrogens with zero attached hydrogens (tertiary/aromatic N) is 3. The van der Waals surface area contributed by atoms with Crippen molar-refractivity contribution in [3.05, 3.63) is 24.3 Å². The van der Waals surface area contributed by atoms with Crippen LogP contribution in [0.1, 0.15) is 6.42 Å². The number of hydrogen-bond acceptors (Lipinski definition) is 3. The summed E-state index contributed by atoms with van der Waals surface area (Å²) < 4.78 is 1.85. The van der Waals surface area contributed by atoms with Crippen molar-refractivity contribution in [3.8, 4) is 0 Å². The highest BCUT2D eigenvalue weighted by molar-refractivity contribution is 6.05. The molecule has 1 aromatic heterocycles. The summed E-state index contributed by atoms with van der Waals surface area (Å²) in [7, 11) is 1.86. The molecular formula is C12H12N4O2. The number of nitrogens with one attached hydrogen (secondary N) is 1. The van der Waals surface area contributed by atoms with Gasteiger partial charge < -0.3 is 4.57 Å². The molecule has 1 aliphatic heterocycles. The van der Waals surface area contributed by atoms with Gasteiger partial charge in [0, 0.05) is 20.0 Å². The molecular weight excluding hydrogens is 232 g/mol. The van der Waals surface area contributed by atoms with Gasteiger partial charge in [-0.15, -0.1) is 0 Å². The number of imidazole rings is 1. The molecule has 0 aliphatic carbocycles. The summed E-state index contributed by atoms with van der Waals surface area (Å²) >= 11 is 0. The molecule has 0 unspecified atom stereocenters. The predicted octanol–water partition coefficient (Wildman–Crippen LogP) is 1.02. The Labute approximate surface area is 103 Å². The maximum absolute atomic E-state index is 11.8. The fourth-order valence-corrected chi connectivity index (χ4v) is 2.13. The normalized spacial score (nSPS) is 16.2. The Bertz CT molecular complexity index is 647. The Hall–Kier alpha value is -2.37. The Balaban J connectivity index is 2.06. The molecule has 3 amide bonds. The highest BCUT2D eigenvalue weighted by Crippen LogP contribution is 2.22. The maximum Gasteiger partial charge on any atom is 0.330 e. The number of fused-ring (bicyclic) bond motifs is 1. The second-order valence-corrected chi connectivity index (χ2v) is 4.21. The van der Waals surface area contributed by atoms with E-state index in [1.807, 2.05) is 35.9 Å². The number of carbonyl (C=O) groups excluding carboxylic acids is 2. The monoisotopic (exact) mass is 244 g/mol. The molecule has 18 heavy (non-hydrogen) atoms. The fourth-order valence-electron chi connectivity index (χ4n) is 2.13. The molecule has 2 aromatic rings. The van der Waals surface area contributed by atoms with Crippen molar-refractivity contribution in [2.24, 2.45) is 7.05 Å². The van der Waals surface area contributed by atoms with Crippen LogP contribution in [0.4, 0.5) is 10.7 Å². The highest BCUT2D eigenvalue weighted by Gasteiger charge is 2.27. The first kappa shape index (κ1) is 10.8. The minimum absolute atomic E-state index is 0.241. The van der Waals surface area contributed by atoms with E-state index in [1.54, 1.807) is 0 Å². The summed E-state index contributed by atoms with van der Waals surface area (Å²) in [5, 5.41) is 2.29. The van der Waals surface area contributed by atoms with Gasteiger partial charge in [0.1, 0.15) is 0 Å². The summed E-state index contributed by atoms with van der Waals surface area (Å²) in [4.78, 5) is 28.8. The van der Waals surface area contributed by atoms with Crippen LogP contribution in [0, 0.1) is 0 Å². The molecule has 92 valence electrons. The lowest BCUT2D eigenvalue weighted by Gasteiger charge is -2.25. The van der Waals surface area contributed by atoms with Crippen LogP contribution in [-0.4, -0.2) is 28.0 Å². The molecule has 0 bridgehead atoms. The third-order valence-corrected chi connectivity index (χ3v) is 3.06. The first-order valence-corrected chi connectivity index (χ1v) is 5.69. The molecule has 1 saturated heterocycles. The number of hydrogen-bond donors (Lipinski definition) is 1. The Morgan fingerprint density at radius 3 is 2.78 bits per heavy atom. The van der Waals surface area contributed by atoms with Crippen molar-refractivity contribution in [1.29, 1.82) is 0 Å². The first-order valence-electron chi connectivity index (χ1n) is 5.69. The number of para-hydroxylation sites is 2. The molecule has 2 heterocycles. The first-order chi connectivity index (χ1) is 8.66. The minimum atomic E-state index is -0.412. The quantitative estimate of drug-likeness (QED) is 0.814. The van der Waals surface area contributed by atoms with Crippen LogP contribution in [0.5, 0.6) is 0 Å². The lowest BCUT2D eigenvalue weighted by atomic mass is 10.3. The van der Waals surface area contributed by atoms with Gasteiger partial charge in [-0.05, 0) is 12.1 Å². The number of aromatic nitrogens is 2. The van der Waals surface area contributed by atoms with Crippen molar-refractivity contribution >= 4 is 28.9 Å². The number of aryl methyl sites for hydroxylation is 1. The zero-order chi connectivity index (χ0) is 12.7. The van der Waals surface area contributed by atoms with Crippen molar-refractivity contribution in [1.82, 2.24) is 14.9 Å². The Morgan fingerprint density at radius 2 is 2.06 bits per heavy atom. The number of imide groups is 1. The average Bonchev–Trinajstić information content (AvgIpc) is 2.68. The molecule has 0 saturated carbocycles. The van der Waals surface area contributed by atoms with Crippen LogP contribution in [-0.2, 0) is 11.8 Å². The van der Waals surface area contributed by atoms with Crippen molar-refractivity contribution < 1.29 is 9.59 Å². The number of rotatable bonds is 1. The van der Waals surface area contributed by atoms with E-state index < -0.39 is 6.03 Å². The molecule has 0 radical (unpaired) electrons. The minimum Gasteiger partial charge on any atom is -0.313 e. The second kappa shape index (κ2) is 3.83. The van der Waals surface area contributed by atoms with Gasteiger partial charge in [0.25, 0.3) is 0 Å². The van der Waals surface area contributed by atoms with Gasteiger partial charge in [-0.1, -0.05) is 12.1 Å². The molecule has 6 nitrogen and oxygen atoms in total. The van der Waals surface area contributed by atoms with E-state index >= 15 is 0 Å². The summed E-state index contributed by atoms with van der Waals surface area (Å²) in [5.74, 6) is 0.316. The Kier molecular flexibility index (Phi) is 2.29. The zero-order valence-electron chi connectivity index (χ0n) is 9.88. The summed E-state index contributed by atoms with van der Waals surface area (Å²) in [5.41, 5.74) is 1.79. The zero-order valence-corrected chi connectivity index (χ0v) is 9.88. The van der Waals surface area contributed by atoms with E-state index in [2.05, 4.69) is 10.3 Å². The fraction of sp³-hybridized carbons (Fsp3) is 0.250. The van der Waals surface area contributed by atoms with E-state index in [9.17, 15) is 9.59 Å². The van der Waals surface area contributed by atoms with E-state index in [4.69, 9.17) is 0 Å². The predicted molar refractivity (Wildman–Crippen MR) is 66.2 cm³/mol. The topological polar surface area (TPSA) is 67.2 Å². The van der Waals surface area contributed by atoms with Gasteiger partial charge in [-0.25, -0.2) is 9.78 Å². The smallest absolute Gasteiger partial charge is 0.313 e. The van der Waals surface area contributed by atoms with Gasteiger partial charge in [0.2, 0.25) is 11.9 Å². The van der Waals surface area contributed by atoms with Gasteiger partial charge in [-0.2, -0.15) is 0 Å². The van der Waals surface area contributed by atoms with E-state index in [1.165, 1.54) is 4.90 Å². The van der Waals surface area contributed by atoms with Crippen LogP contribution < -0.4 is 10.2 Å². The van der Waals surface area contributed by atoms with Gasteiger partial charge in [-0.3, -0.25) is 15.0 Å². The summed E-state index contributed by atoms with van der Waals surface area (Å²) in [6, 6.07) is 7.25. The van der Waals surface area contributed by atoms with Crippen LogP contribution in [0.25, 0.3) is 11.0 Å². The molecule has 1 N–H and O–H groups in total. The molecule has 1 fully saturated rings. The summed E-state index contributed by atoms with van der Waals surface area (Å²) in [6.07, 6.45) is 0.301. The molecule has 1 aromatic carbocycles. The van der Waals surface area contributed by atoms with Crippen LogP contribution in [0.15, 0.2) is 24.3 Å². The molecule has 3 rings (SSSR count). The van der Waals surface area contributed by atoms with Gasteiger partial charge >= 0.3 is 6.03 Å². The Morgan fingerprint density at radius 1 is 1.28 bits per heavy atom. The highest BCUT2D eigenvalue weighted by atomic mass is 16.2.